The van der Waals surface area contributed by atoms with Gasteiger partial charge in [0.1, 0.15) is 0 Å². The Kier molecular flexibility index (Phi) is 7.74. The minimum Gasteiger partial charge on any atom is -0.309 e. The van der Waals surface area contributed by atoms with E-state index in [4.69, 9.17) is 15.0 Å². The lowest BCUT2D eigenvalue weighted by atomic mass is 9.93. The first-order valence-electron chi connectivity index (χ1n) is 20.9. The summed E-state index contributed by atoms with van der Waals surface area (Å²) in [5.41, 5.74) is 8.43. The van der Waals surface area contributed by atoms with Crippen molar-refractivity contribution in [1.82, 2.24) is 19.5 Å². The van der Waals surface area contributed by atoms with Crippen molar-refractivity contribution in [3.8, 4) is 51.0 Å². The smallest absolute Gasteiger partial charge is 0.164 e. The molecule has 0 aliphatic rings. The van der Waals surface area contributed by atoms with Crippen LogP contribution in [0.25, 0.3) is 125 Å². The van der Waals surface area contributed by atoms with E-state index in [1.165, 1.54) is 58.0 Å². The van der Waals surface area contributed by atoms with Crippen LogP contribution in [-0.2, 0) is 0 Å². The summed E-state index contributed by atoms with van der Waals surface area (Å²) in [6.07, 6.45) is 0. The van der Waals surface area contributed by atoms with Gasteiger partial charge in [-0.25, -0.2) is 15.0 Å². The number of thiophene rings is 1. The van der Waals surface area contributed by atoms with Crippen LogP contribution in [0.15, 0.2) is 206 Å². The molecule has 0 bridgehead atoms. The van der Waals surface area contributed by atoms with Gasteiger partial charge in [0.15, 0.2) is 17.5 Å². The Morgan fingerprint density at radius 2 is 0.968 bits per heavy atom. The molecule has 10 aromatic carbocycles. The second kappa shape index (κ2) is 13.8. The maximum absolute atomic E-state index is 5.41. The fraction of sp³-hybridized carbons (Fsp3) is 0. The third-order valence-electron chi connectivity index (χ3n) is 12.4. The molecule has 0 amide bonds. The molecule has 3 aromatic heterocycles. The van der Waals surface area contributed by atoms with Gasteiger partial charge in [-0.2, -0.15) is 0 Å². The number of benzene rings is 10. The maximum atomic E-state index is 5.41. The van der Waals surface area contributed by atoms with Gasteiger partial charge >= 0.3 is 0 Å². The molecule has 0 spiro atoms. The van der Waals surface area contributed by atoms with Crippen molar-refractivity contribution in [2.45, 2.75) is 0 Å². The third-order valence-corrected chi connectivity index (χ3v) is 13.6. The van der Waals surface area contributed by atoms with Gasteiger partial charge in [-0.05, 0) is 85.9 Å². The summed E-state index contributed by atoms with van der Waals surface area (Å²) in [4.78, 5) is 15.9. The Bertz CT molecular complexity index is 3930. The lowest BCUT2D eigenvalue weighted by molar-refractivity contribution is 1.08. The number of rotatable bonds is 5. The van der Waals surface area contributed by atoms with E-state index in [0.29, 0.717) is 17.5 Å². The van der Waals surface area contributed by atoms with Gasteiger partial charge in [-0.1, -0.05) is 164 Å². The van der Waals surface area contributed by atoms with Crippen LogP contribution in [0, 0.1) is 0 Å². The highest BCUT2D eigenvalue weighted by Gasteiger charge is 2.22. The SMILES string of the molecule is c1ccc(-c2nc(-c3ccc(-n4c5ccccc5c5cc6ccccc6cc54)cc3-c3cccc4sc5c6ccccc6ccc5c34)nc(-c3cccc4ccccc34)n2)cc1. The Hall–Kier alpha value is -7.99. The van der Waals surface area contributed by atoms with Gasteiger partial charge in [0.2, 0.25) is 0 Å². The molecular weight excluding hydrogens is 773 g/mol. The highest BCUT2D eigenvalue weighted by Crippen LogP contribution is 2.46. The van der Waals surface area contributed by atoms with E-state index in [1.807, 2.05) is 29.5 Å². The van der Waals surface area contributed by atoms with E-state index < -0.39 is 0 Å². The topological polar surface area (TPSA) is 43.6 Å². The van der Waals surface area contributed by atoms with Crippen molar-refractivity contribution in [3.05, 3.63) is 206 Å². The minimum absolute atomic E-state index is 0.624. The Morgan fingerprint density at radius 3 is 1.81 bits per heavy atom. The van der Waals surface area contributed by atoms with Crippen molar-refractivity contribution < 1.29 is 0 Å². The largest absolute Gasteiger partial charge is 0.309 e. The van der Waals surface area contributed by atoms with Gasteiger partial charge < -0.3 is 4.57 Å². The molecular formula is C57H34N4S. The summed E-state index contributed by atoms with van der Waals surface area (Å²) in [6.45, 7) is 0. The average molecular weight is 807 g/mol. The Morgan fingerprint density at radius 1 is 0.339 bits per heavy atom. The molecule has 3 heterocycles. The van der Waals surface area contributed by atoms with Gasteiger partial charge in [0, 0.05) is 53.3 Å². The molecule has 0 saturated carbocycles. The fourth-order valence-corrected chi connectivity index (χ4v) is 10.8. The molecule has 0 fully saturated rings. The first-order valence-corrected chi connectivity index (χ1v) is 21.7. The normalized spacial score (nSPS) is 11.9. The van der Waals surface area contributed by atoms with Crippen LogP contribution in [0.5, 0.6) is 0 Å². The van der Waals surface area contributed by atoms with Crippen molar-refractivity contribution in [3.63, 3.8) is 0 Å². The summed E-state index contributed by atoms with van der Waals surface area (Å²) in [5.74, 6) is 1.90. The quantitative estimate of drug-likeness (QED) is 0.174. The molecule has 0 unspecified atom stereocenters. The molecule has 62 heavy (non-hydrogen) atoms. The number of aromatic nitrogens is 4. The average Bonchev–Trinajstić information content (AvgIpc) is 3.89. The van der Waals surface area contributed by atoms with E-state index in [1.54, 1.807) is 0 Å². The van der Waals surface area contributed by atoms with Crippen LogP contribution in [0.2, 0.25) is 0 Å². The summed E-state index contributed by atoms with van der Waals surface area (Å²) >= 11 is 1.86. The zero-order valence-electron chi connectivity index (χ0n) is 33.3. The predicted octanol–water partition coefficient (Wildman–Crippen LogP) is 15.5. The van der Waals surface area contributed by atoms with Crippen LogP contribution in [0.4, 0.5) is 0 Å². The zero-order chi connectivity index (χ0) is 40.7. The highest BCUT2D eigenvalue weighted by molar-refractivity contribution is 7.26. The van der Waals surface area contributed by atoms with Gasteiger partial charge in [0.25, 0.3) is 0 Å². The molecule has 0 aliphatic heterocycles. The molecule has 0 saturated heterocycles. The van der Waals surface area contributed by atoms with Crippen molar-refractivity contribution in [2.24, 2.45) is 0 Å². The number of para-hydroxylation sites is 1. The molecule has 5 heteroatoms. The zero-order valence-corrected chi connectivity index (χ0v) is 34.1. The lowest BCUT2D eigenvalue weighted by Crippen LogP contribution is -2.02. The Labute approximate surface area is 360 Å². The fourth-order valence-electron chi connectivity index (χ4n) is 9.55. The third kappa shape index (κ3) is 5.42. The number of hydrogen-bond donors (Lipinski definition) is 0. The van der Waals surface area contributed by atoms with Gasteiger partial charge in [-0.15, -0.1) is 11.3 Å². The van der Waals surface area contributed by atoms with Crippen molar-refractivity contribution in [1.29, 1.82) is 0 Å². The summed E-state index contributed by atoms with van der Waals surface area (Å²) in [6, 6.07) is 74.0. The van der Waals surface area contributed by atoms with Crippen molar-refractivity contribution >= 4 is 85.6 Å². The second-order valence-electron chi connectivity index (χ2n) is 15.9. The van der Waals surface area contributed by atoms with Crippen LogP contribution in [0.1, 0.15) is 0 Å². The predicted molar refractivity (Wildman–Crippen MR) is 261 cm³/mol. The Balaban J connectivity index is 1.13. The number of hydrogen-bond acceptors (Lipinski definition) is 4. The molecule has 13 rings (SSSR count). The van der Waals surface area contributed by atoms with E-state index in [-0.39, 0.29) is 0 Å². The second-order valence-corrected chi connectivity index (χ2v) is 17.0. The highest BCUT2D eigenvalue weighted by atomic mass is 32.1. The van der Waals surface area contributed by atoms with Crippen LogP contribution in [0.3, 0.4) is 0 Å². The first kappa shape index (κ1) is 34.8. The van der Waals surface area contributed by atoms with E-state index in [2.05, 4.69) is 193 Å². The first-order chi connectivity index (χ1) is 30.7. The van der Waals surface area contributed by atoms with Crippen LogP contribution >= 0.6 is 11.3 Å². The summed E-state index contributed by atoms with van der Waals surface area (Å²) in [7, 11) is 0. The molecule has 0 radical (unpaired) electrons. The standard InChI is InChI=1S/C57H34N4S/c1-2-16-37(17-3-1)55-58-56(45-25-12-20-35-14-6-8-21-41(35)45)60-57(59-55)46-31-29-40(61-50-26-11-10-23-43(50)49-32-38-18-4-5-19-39(38)33-51(49)61)34-48(46)44-24-13-27-52-53(44)47-30-28-36-15-7-9-22-42(36)54(47)62-52/h1-34H. The maximum Gasteiger partial charge on any atom is 0.164 e. The molecule has 13 aromatic rings. The number of fused-ring (bicyclic) bond motifs is 10. The summed E-state index contributed by atoms with van der Waals surface area (Å²) in [5, 5.41) is 12.1. The van der Waals surface area contributed by atoms with Gasteiger partial charge in [0.05, 0.1) is 11.0 Å². The van der Waals surface area contributed by atoms with E-state index in [0.717, 1.165) is 49.8 Å². The molecule has 288 valence electrons. The van der Waals surface area contributed by atoms with Crippen LogP contribution in [-0.4, -0.2) is 19.5 Å². The monoisotopic (exact) mass is 806 g/mol. The van der Waals surface area contributed by atoms with Crippen molar-refractivity contribution in [2.75, 3.05) is 0 Å². The van der Waals surface area contributed by atoms with E-state index >= 15 is 0 Å². The molecule has 0 aliphatic carbocycles. The summed E-state index contributed by atoms with van der Waals surface area (Å²) < 4.78 is 4.96. The molecule has 0 atom stereocenters. The van der Waals surface area contributed by atoms with E-state index in [9.17, 15) is 0 Å². The lowest BCUT2D eigenvalue weighted by Gasteiger charge is -2.17. The molecule has 4 nitrogen and oxygen atoms in total. The van der Waals surface area contributed by atoms with Crippen LogP contribution < -0.4 is 0 Å². The number of nitrogens with zero attached hydrogens (tertiary/aromatic N) is 4. The molecule has 0 N–H and O–H groups in total. The van der Waals surface area contributed by atoms with Gasteiger partial charge in [-0.3, -0.25) is 0 Å². The minimum atomic E-state index is 0.624.